The van der Waals surface area contributed by atoms with Gasteiger partial charge in [0.1, 0.15) is 43.2 Å². The molecule has 1 aliphatic rings. The SMILES string of the molecule is CC/C=C\C/C=C\C/C=C\C/C=C\CCCCCCC(=O)OC(COC(=O)CCCCCCC/C=C\C/C=C\C/C=C\CC)COP(=O)(O)OC1C(O)C(O)C(O)C(O)C1O. The molecule has 0 saturated heterocycles. The predicted octanol–water partition coefficient (Wildman–Crippen LogP) is 8.50. The number of unbranched alkanes of at least 4 members (excludes halogenated alkanes) is 9. The van der Waals surface area contributed by atoms with Gasteiger partial charge in [0, 0.05) is 12.8 Å². The molecule has 0 radical (unpaired) electrons. The molecule has 0 amide bonds. The van der Waals surface area contributed by atoms with Gasteiger partial charge in [-0.2, -0.15) is 0 Å². The Labute approximate surface area is 365 Å². The standard InChI is InChI=1S/C47H77O13P/c1-3-5-7-9-11-13-15-17-19-20-22-24-26-28-30-32-34-36-41(49)59-39(38-58-61(55,56)60-47-45(53)43(51)42(50)44(52)46(47)54)37-57-40(48)35-33-31-29-27-25-23-21-18-16-14-12-10-8-6-4-2/h5-8,11-14,17-19,21-22,24,39,42-47,50-54H,3-4,9-10,15-16,20,23,25-38H2,1-2H3,(H,55,56)/b7-5-,8-6-,13-11-,14-12-,19-17-,21-18-,24-22-. The third-order valence-electron chi connectivity index (χ3n) is 9.73. The molecule has 0 aliphatic heterocycles. The molecule has 14 heteroatoms. The smallest absolute Gasteiger partial charge is 0.462 e. The Hall–Kier alpha value is -2.97. The number of hydrogen-bond acceptors (Lipinski definition) is 12. The van der Waals surface area contributed by atoms with Gasteiger partial charge in [0.2, 0.25) is 0 Å². The highest BCUT2D eigenvalue weighted by Gasteiger charge is 2.51. The van der Waals surface area contributed by atoms with E-state index in [1.165, 1.54) is 0 Å². The number of rotatable bonds is 35. The lowest BCUT2D eigenvalue weighted by molar-refractivity contribution is -0.220. The van der Waals surface area contributed by atoms with Crippen LogP contribution in [0.5, 0.6) is 0 Å². The van der Waals surface area contributed by atoms with Gasteiger partial charge in [-0.1, -0.05) is 131 Å². The van der Waals surface area contributed by atoms with Crippen molar-refractivity contribution in [1.29, 1.82) is 0 Å². The van der Waals surface area contributed by atoms with Gasteiger partial charge in [0.05, 0.1) is 6.61 Å². The fourth-order valence-corrected chi connectivity index (χ4v) is 7.15. The molecular weight excluding hydrogens is 803 g/mol. The molecule has 61 heavy (non-hydrogen) atoms. The van der Waals surface area contributed by atoms with Crippen LogP contribution in [-0.4, -0.2) is 98.3 Å². The van der Waals surface area contributed by atoms with E-state index in [2.05, 4.69) is 98.9 Å². The second-order valence-electron chi connectivity index (χ2n) is 15.1. The molecule has 13 nitrogen and oxygen atoms in total. The first-order valence-corrected chi connectivity index (χ1v) is 23.9. The van der Waals surface area contributed by atoms with E-state index in [0.717, 1.165) is 103 Å². The van der Waals surface area contributed by atoms with Crippen LogP contribution in [0.4, 0.5) is 0 Å². The highest BCUT2D eigenvalue weighted by Crippen LogP contribution is 2.47. The lowest BCUT2D eigenvalue weighted by Crippen LogP contribution is -2.64. The third kappa shape index (κ3) is 29.1. The van der Waals surface area contributed by atoms with Crippen molar-refractivity contribution in [2.24, 2.45) is 0 Å². The minimum absolute atomic E-state index is 0.0596. The van der Waals surface area contributed by atoms with Gasteiger partial charge in [0.25, 0.3) is 0 Å². The average molecular weight is 881 g/mol. The van der Waals surface area contributed by atoms with E-state index in [4.69, 9.17) is 18.5 Å². The molecule has 6 unspecified atom stereocenters. The van der Waals surface area contributed by atoms with Crippen LogP contribution in [0.3, 0.4) is 0 Å². The first-order valence-electron chi connectivity index (χ1n) is 22.4. The van der Waals surface area contributed by atoms with E-state index in [0.29, 0.717) is 12.8 Å². The number of carbonyl (C=O) groups is 2. The van der Waals surface area contributed by atoms with Crippen molar-refractivity contribution < 1.29 is 63.1 Å². The van der Waals surface area contributed by atoms with E-state index in [1.54, 1.807) is 0 Å². The minimum Gasteiger partial charge on any atom is -0.462 e. The van der Waals surface area contributed by atoms with Crippen LogP contribution in [0, 0.1) is 0 Å². The van der Waals surface area contributed by atoms with Crippen molar-refractivity contribution in [1.82, 2.24) is 0 Å². The summed E-state index contributed by atoms with van der Waals surface area (Å²) in [5.74, 6) is -1.16. The second-order valence-corrected chi connectivity index (χ2v) is 16.5. The summed E-state index contributed by atoms with van der Waals surface area (Å²) in [5, 5.41) is 50.1. The molecule has 6 atom stereocenters. The van der Waals surface area contributed by atoms with Crippen molar-refractivity contribution >= 4 is 19.8 Å². The van der Waals surface area contributed by atoms with Crippen LogP contribution < -0.4 is 0 Å². The monoisotopic (exact) mass is 881 g/mol. The van der Waals surface area contributed by atoms with Crippen LogP contribution in [0.25, 0.3) is 0 Å². The fourth-order valence-electron chi connectivity index (χ4n) is 6.17. The van der Waals surface area contributed by atoms with Crippen molar-refractivity contribution in [2.45, 2.75) is 185 Å². The van der Waals surface area contributed by atoms with Crippen molar-refractivity contribution in [3.05, 3.63) is 85.1 Å². The predicted molar refractivity (Wildman–Crippen MR) is 239 cm³/mol. The van der Waals surface area contributed by atoms with Crippen LogP contribution in [0.2, 0.25) is 0 Å². The molecule has 1 saturated carbocycles. The second kappa shape index (κ2) is 36.5. The number of ether oxygens (including phenoxy) is 2. The fraction of sp³-hybridized carbons (Fsp3) is 0.660. The molecule has 1 fully saturated rings. The maximum atomic E-state index is 12.8. The van der Waals surface area contributed by atoms with Gasteiger partial charge in [-0.05, 0) is 83.5 Å². The summed E-state index contributed by atoms with van der Waals surface area (Å²) in [6.07, 6.45) is 33.5. The lowest BCUT2D eigenvalue weighted by Gasteiger charge is -2.41. The Morgan fingerprint density at radius 1 is 0.508 bits per heavy atom. The first kappa shape index (κ1) is 56.0. The molecule has 6 N–H and O–H groups in total. The van der Waals surface area contributed by atoms with Gasteiger partial charge in [-0.15, -0.1) is 0 Å². The number of esters is 2. The maximum Gasteiger partial charge on any atom is 0.472 e. The zero-order valence-electron chi connectivity index (χ0n) is 36.7. The number of aliphatic hydroxyl groups is 5. The zero-order valence-corrected chi connectivity index (χ0v) is 37.6. The molecule has 0 bridgehead atoms. The molecular formula is C47H77O13P. The van der Waals surface area contributed by atoms with Gasteiger partial charge in [0.15, 0.2) is 6.10 Å². The van der Waals surface area contributed by atoms with E-state index < -0.39 is 75.7 Å². The van der Waals surface area contributed by atoms with Gasteiger partial charge < -0.3 is 39.9 Å². The minimum atomic E-state index is -5.13. The molecule has 1 rings (SSSR count). The molecule has 0 heterocycles. The van der Waals surface area contributed by atoms with Crippen LogP contribution in [0.1, 0.15) is 142 Å². The van der Waals surface area contributed by atoms with Gasteiger partial charge in [-0.3, -0.25) is 18.6 Å². The number of phosphoric ester groups is 1. The summed E-state index contributed by atoms with van der Waals surface area (Å²) in [7, 11) is -5.13. The molecule has 0 aromatic rings. The van der Waals surface area contributed by atoms with Crippen LogP contribution in [0.15, 0.2) is 85.1 Å². The van der Waals surface area contributed by atoms with E-state index in [-0.39, 0.29) is 12.8 Å². The maximum absolute atomic E-state index is 12.8. The summed E-state index contributed by atoms with van der Waals surface area (Å²) >= 11 is 0. The van der Waals surface area contributed by atoms with Crippen LogP contribution in [-0.2, 0) is 32.7 Å². The molecule has 0 spiro atoms. The Kier molecular flexibility index (Phi) is 33.5. The van der Waals surface area contributed by atoms with Crippen molar-refractivity contribution in [3.63, 3.8) is 0 Å². The van der Waals surface area contributed by atoms with Gasteiger partial charge >= 0.3 is 19.8 Å². The summed E-state index contributed by atoms with van der Waals surface area (Å²) in [6, 6.07) is 0. The van der Waals surface area contributed by atoms with Crippen LogP contribution >= 0.6 is 7.82 Å². The quantitative estimate of drug-likeness (QED) is 0.0153. The number of hydrogen-bond donors (Lipinski definition) is 6. The van der Waals surface area contributed by atoms with E-state index in [9.17, 15) is 44.6 Å². The highest BCUT2D eigenvalue weighted by molar-refractivity contribution is 7.47. The zero-order chi connectivity index (χ0) is 45.0. The summed E-state index contributed by atoms with van der Waals surface area (Å²) in [4.78, 5) is 35.7. The summed E-state index contributed by atoms with van der Waals surface area (Å²) in [5.41, 5.74) is 0. The van der Waals surface area contributed by atoms with Crippen molar-refractivity contribution in [3.8, 4) is 0 Å². The highest BCUT2D eigenvalue weighted by atomic mass is 31.2. The largest absolute Gasteiger partial charge is 0.472 e. The number of carbonyl (C=O) groups excluding carboxylic acids is 2. The van der Waals surface area contributed by atoms with Gasteiger partial charge in [-0.25, -0.2) is 4.57 Å². The Morgan fingerprint density at radius 3 is 1.34 bits per heavy atom. The summed E-state index contributed by atoms with van der Waals surface area (Å²) in [6.45, 7) is 3.02. The normalized spacial score (nSPS) is 22.8. The Balaban J connectivity index is 2.51. The number of allylic oxidation sites excluding steroid dienone is 14. The average Bonchev–Trinajstić information content (AvgIpc) is 3.24. The Bertz CT molecular complexity index is 1390. The summed E-state index contributed by atoms with van der Waals surface area (Å²) < 4.78 is 33.5. The first-order chi connectivity index (χ1) is 29.4. The molecule has 0 aromatic heterocycles. The van der Waals surface area contributed by atoms with E-state index >= 15 is 0 Å². The number of phosphoric acid groups is 1. The topological polar surface area (TPSA) is 210 Å². The Morgan fingerprint density at radius 2 is 0.885 bits per heavy atom. The third-order valence-corrected chi connectivity index (χ3v) is 10.7. The molecule has 1 aliphatic carbocycles. The molecule has 0 aromatic carbocycles. The molecule has 348 valence electrons. The van der Waals surface area contributed by atoms with E-state index in [1.807, 2.05) is 0 Å². The lowest BCUT2D eigenvalue weighted by atomic mass is 9.85. The van der Waals surface area contributed by atoms with Crippen molar-refractivity contribution in [2.75, 3.05) is 13.2 Å². The number of aliphatic hydroxyl groups excluding tert-OH is 5.